The summed E-state index contributed by atoms with van der Waals surface area (Å²) < 4.78 is 15.3. The number of ether oxygens (including phenoxy) is 3. The Labute approximate surface area is 91.1 Å². The van der Waals surface area contributed by atoms with E-state index in [2.05, 4.69) is 5.32 Å². The number of ketones is 1. The van der Waals surface area contributed by atoms with Crippen molar-refractivity contribution >= 4 is 5.78 Å². The summed E-state index contributed by atoms with van der Waals surface area (Å²) in [5.41, 5.74) is 0. The fraction of sp³-hybridized carbons (Fsp3) is 0.900. The van der Waals surface area contributed by atoms with Gasteiger partial charge in [0.1, 0.15) is 5.78 Å². The van der Waals surface area contributed by atoms with Gasteiger partial charge < -0.3 is 19.5 Å². The van der Waals surface area contributed by atoms with Crippen molar-refractivity contribution in [3.05, 3.63) is 0 Å². The van der Waals surface area contributed by atoms with Crippen molar-refractivity contribution in [2.75, 3.05) is 53.2 Å². The van der Waals surface area contributed by atoms with Crippen LogP contribution in [-0.2, 0) is 19.0 Å². The summed E-state index contributed by atoms with van der Waals surface area (Å²) in [5, 5.41) is 2.96. The molecule has 0 aliphatic rings. The second kappa shape index (κ2) is 11.6. The Balaban J connectivity index is 2.89. The van der Waals surface area contributed by atoms with Gasteiger partial charge in [-0.3, -0.25) is 4.79 Å². The molecule has 0 aromatic carbocycles. The lowest BCUT2D eigenvalue weighted by Crippen LogP contribution is -2.25. The summed E-state index contributed by atoms with van der Waals surface area (Å²) in [7, 11) is 1.64. The van der Waals surface area contributed by atoms with Crippen molar-refractivity contribution < 1.29 is 19.0 Å². The van der Waals surface area contributed by atoms with Crippen LogP contribution in [-0.4, -0.2) is 59.0 Å². The normalized spacial score (nSPS) is 10.5. The van der Waals surface area contributed by atoms with E-state index in [0.29, 0.717) is 46.1 Å². The molecular formula is C10H21NO4. The van der Waals surface area contributed by atoms with E-state index in [9.17, 15) is 4.79 Å². The molecule has 0 saturated carbocycles. The van der Waals surface area contributed by atoms with Gasteiger partial charge in [-0.25, -0.2) is 0 Å². The highest BCUT2D eigenvalue weighted by molar-refractivity contribution is 5.77. The van der Waals surface area contributed by atoms with E-state index >= 15 is 0 Å². The van der Waals surface area contributed by atoms with Crippen LogP contribution in [0.5, 0.6) is 0 Å². The summed E-state index contributed by atoms with van der Waals surface area (Å²) in [6.07, 6.45) is 0. The number of nitrogens with one attached hydrogen (secondary N) is 1. The van der Waals surface area contributed by atoms with Gasteiger partial charge in [0, 0.05) is 13.7 Å². The van der Waals surface area contributed by atoms with Gasteiger partial charge in [-0.1, -0.05) is 0 Å². The van der Waals surface area contributed by atoms with Gasteiger partial charge in [-0.15, -0.1) is 0 Å². The third-order valence-corrected chi connectivity index (χ3v) is 1.60. The Kier molecular flexibility index (Phi) is 11.2. The lowest BCUT2D eigenvalue weighted by atomic mass is 10.4. The van der Waals surface area contributed by atoms with Crippen LogP contribution in [0.25, 0.3) is 0 Å². The van der Waals surface area contributed by atoms with E-state index in [1.54, 1.807) is 14.0 Å². The van der Waals surface area contributed by atoms with Crippen LogP contribution in [0.1, 0.15) is 6.92 Å². The second-order valence-electron chi connectivity index (χ2n) is 3.10. The van der Waals surface area contributed by atoms with E-state index in [0.717, 1.165) is 0 Å². The Bertz CT molecular complexity index is 152. The molecule has 0 saturated heterocycles. The van der Waals surface area contributed by atoms with Crippen LogP contribution in [0.3, 0.4) is 0 Å². The van der Waals surface area contributed by atoms with Crippen LogP contribution in [0.4, 0.5) is 0 Å². The van der Waals surface area contributed by atoms with Gasteiger partial charge in [0.25, 0.3) is 0 Å². The monoisotopic (exact) mass is 219 g/mol. The number of carbonyl (C=O) groups is 1. The molecule has 5 nitrogen and oxygen atoms in total. The second-order valence-corrected chi connectivity index (χ2v) is 3.10. The molecule has 0 fully saturated rings. The number of methoxy groups -OCH3 is 1. The molecule has 0 heterocycles. The van der Waals surface area contributed by atoms with Crippen molar-refractivity contribution in [1.82, 2.24) is 5.32 Å². The van der Waals surface area contributed by atoms with E-state index < -0.39 is 0 Å². The maximum atomic E-state index is 10.5. The van der Waals surface area contributed by atoms with Crippen LogP contribution >= 0.6 is 0 Å². The van der Waals surface area contributed by atoms with E-state index in [1.807, 2.05) is 0 Å². The van der Waals surface area contributed by atoms with E-state index in [1.165, 1.54) is 0 Å². The summed E-state index contributed by atoms with van der Waals surface area (Å²) in [6.45, 7) is 5.62. The summed E-state index contributed by atoms with van der Waals surface area (Å²) in [6, 6.07) is 0. The average molecular weight is 219 g/mol. The predicted octanol–water partition coefficient (Wildman–Crippen LogP) is -0.155. The first kappa shape index (κ1) is 14.5. The minimum absolute atomic E-state index is 0.137. The molecule has 0 rings (SSSR count). The van der Waals surface area contributed by atoms with Crippen LogP contribution < -0.4 is 5.32 Å². The van der Waals surface area contributed by atoms with Crippen LogP contribution in [0.15, 0.2) is 0 Å². The average Bonchev–Trinajstić information content (AvgIpc) is 2.20. The van der Waals surface area contributed by atoms with Crippen molar-refractivity contribution in [3.63, 3.8) is 0 Å². The molecule has 0 aliphatic carbocycles. The van der Waals surface area contributed by atoms with Gasteiger partial charge in [-0.05, 0) is 6.92 Å². The maximum Gasteiger partial charge on any atom is 0.143 e. The Morgan fingerprint density at radius 3 is 2.27 bits per heavy atom. The molecule has 15 heavy (non-hydrogen) atoms. The topological polar surface area (TPSA) is 56.8 Å². The molecule has 90 valence electrons. The third-order valence-electron chi connectivity index (χ3n) is 1.60. The predicted molar refractivity (Wildman–Crippen MR) is 57.1 cm³/mol. The molecule has 0 radical (unpaired) electrons. The van der Waals surface area contributed by atoms with Gasteiger partial charge >= 0.3 is 0 Å². The number of Topliss-reactive ketones (excluding diaryl/α,β-unsaturated/α-hetero) is 1. The van der Waals surface area contributed by atoms with E-state index in [4.69, 9.17) is 14.2 Å². The van der Waals surface area contributed by atoms with Crippen molar-refractivity contribution in [2.24, 2.45) is 0 Å². The van der Waals surface area contributed by atoms with Crippen LogP contribution in [0, 0.1) is 0 Å². The van der Waals surface area contributed by atoms with Crippen molar-refractivity contribution in [3.8, 4) is 0 Å². The van der Waals surface area contributed by atoms with Crippen molar-refractivity contribution in [2.45, 2.75) is 6.92 Å². The first-order valence-corrected chi connectivity index (χ1v) is 5.12. The first-order valence-electron chi connectivity index (χ1n) is 5.12. The Morgan fingerprint density at radius 1 is 1.07 bits per heavy atom. The van der Waals surface area contributed by atoms with Gasteiger partial charge in [0.15, 0.2) is 0 Å². The summed E-state index contributed by atoms with van der Waals surface area (Å²) >= 11 is 0. The lowest BCUT2D eigenvalue weighted by molar-refractivity contribution is -0.116. The zero-order valence-electron chi connectivity index (χ0n) is 9.58. The molecule has 0 amide bonds. The number of rotatable bonds is 11. The fourth-order valence-corrected chi connectivity index (χ4v) is 0.873. The molecular weight excluding hydrogens is 198 g/mol. The third kappa shape index (κ3) is 13.5. The molecule has 1 N–H and O–H groups in total. The highest BCUT2D eigenvalue weighted by Gasteiger charge is 1.92. The molecule has 0 bridgehead atoms. The highest BCUT2D eigenvalue weighted by Crippen LogP contribution is 1.79. The standard InChI is InChI=1S/C10H21NO4/c1-10(12)9-11-3-4-14-7-8-15-6-5-13-2/h11H,3-9H2,1-2H3. The number of carbonyl (C=O) groups excluding carboxylic acids is 1. The molecule has 0 unspecified atom stereocenters. The molecule has 0 aromatic heterocycles. The molecule has 0 atom stereocenters. The first-order chi connectivity index (χ1) is 7.27. The number of hydrogen-bond acceptors (Lipinski definition) is 5. The van der Waals surface area contributed by atoms with Gasteiger partial charge in [-0.2, -0.15) is 0 Å². The van der Waals surface area contributed by atoms with Gasteiger partial charge in [0.2, 0.25) is 0 Å². The Morgan fingerprint density at radius 2 is 1.67 bits per heavy atom. The maximum absolute atomic E-state index is 10.5. The lowest BCUT2D eigenvalue weighted by Gasteiger charge is -2.05. The Hall–Kier alpha value is -0.490. The smallest absolute Gasteiger partial charge is 0.143 e. The molecule has 5 heteroatoms. The highest BCUT2D eigenvalue weighted by atomic mass is 16.5. The zero-order chi connectivity index (χ0) is 11.4. The quantitative estimate of drug-likeness (QED) is 0.490. The minimum atomic E-state index is 0.137. The molecule has 0 aromatic rings. The van der Waals surface area contributed by atoms with Gasteiger partial charge in [0.05, 0.1) is 39.6 Å². The summed E-state index contributed by atoms with van der Waals surface area (Å²) in [5.74, 6) is 0.137. The molecule has 0 spiro atoms. The number of hydrogen-bond donors (Lipinski definition) is 1. The largest absolute Gasteiger partial charge is 0.382 e. The fourth-order valence-electron chi connectivity index (χ4n) is 0.873. The summed E-state index contributed by atoms with van der Waals surface area (Å²) in [4.78, 5) is 10.5. The van der Waals surface area contributed by atoms with Crippen LogP contribution in [0.2, 0.25) is 0 Å². The minimum Gasteiger partial charge on any atom is -0.382 e. The molecule has 0 aliphatic heterocycles. The zero-order valence-corrected chi connectivity index (χ0v) is 9.58. The van der Waals surface area contributed by atoms with E-state index in [-0.39, 0.29) is 5.78 Å². The SMILES string of the molecule is COCCOCCOCCNCC(C)=O. The van der Waals surface area contributed by atoms with Crippen molar-refractivity contribution in [1.29, 1.82) is 0 Å².